The number of unbranched alkanes of at least 4 members (excludes halogenated alkanes) is 1. The van der Waals surface area contributed by atoms with Crippen LogP contribution >= 0.6 is 25.3 Å². The molecule has 0 unspecified atom stereocenters. The molecule has 0 atom stereocenters. The van der Waals surface area contributed by atoms with Crippen molar-refractivity contribution in [2.24, 2.45) is 0 Å². The largest absolute Gasteiger partial charge is 0.478 e. The molecule has 0 aromatic rings. The van der Waals surface area contributed by atoms with Gasteiger partial charge in [-0.05, 0) is 12.8 Å². The van der Waals surface area contributed by atoms with E-state index in [-0.39, 0.29) is 17.5 Å². The molecular formula is C7H14O4S2. The Hall–Kier alpha value is -0.170. The van der Waals surface area contributed by atoms with Crippen LogP contribution in [0.2, 0.25) is 0 Å². The molecule has 0 rings (SSSR count). The van der Waals surface area contributed by atoms with E-state index in [0.29, 0.717) is 0 Å². The van der Waals surface area contributed by atoms with Crippen molar-refractivity contribution >= 4 is 31.2 Å². The number of rotatable bonds is 4. The van der Waals surface area contributed by atoms with Crippen LogP contribution in [0, 0.1) is 0 Å². The van der Waals surface area contributed by atoms with Crippen LogP contribution in [0.5, 0.6) is 0 Å². The topological polar surface area (TPSA) is 77.8 Å². The fourth-order valence-electron chi connectivity index (χ4n) is 0.334. The molecule has 0 aromatic carbocycles. The summed E-state index contributed by atoms with van der Waals surface area (Å²) in [5.74, 6) is -1.03. The molecule has 0 fully saturated rings. The van der Waals surface area contributed by atoms with Gasteiger partial charge in [-0.15, -0.1) is 25.3 Å². The lowest BCUT2D eigenvalue weighted by molar-refractivity contribution is -0.131. The van der Waals surface area contributed by atoms with Crippen molar-refractivity contribution in [3.05, 3.63) is 10.3 Å². The van der Waals surface area contributed by atoms with Gasteiger partial charge in [-0.1, -0.05) is 0 Å². The van der Waals surface area contributed by atoms with Crippen molar-refractivity contribution in [3.8, 4) is 0 Å². The summed E-state index contributed by atoms with van der Waals surface area (Å²) in [6.07, 6.45) is 2.33. The van der Waals surface area contributed by atoms with Crippen molar-refractivity contribution < 1.29 is 20.1 Å². The number of carbonyl (C=O) groups is 1. The van der Waals surface area contributed by atoms with Crippen molar-refractivity contribution in [1.82, 2.24) is 0 Å². The van der Waals surface area contributed by atoms with Gasteiger partial charge >= 0.3 is 5.97 Å². The second kappa shape index (κ2) is 11.8. The minimum absolute atomic E-state index is 0.195. The quantitative estimate of drug-likeness (QED) is 0.275. The zero-order valence-corrected chi connectivity index (χ0v) is 8.84. The number of aliphatic hydroxyl groups excluding tert-OH is 2. The van der Waals surface area contributed by atoms with Gasteiger partial charge in [0.1, 0.15) is 0 Å². The number of hydrogen-bond donors (Lipinski definition) is 5. The van der Waals surface area contributed by atoms with Gasteiger partial charge in [-0.25, -0.2) is 4.79 Å². The maximum atomic E-state index is 9.64. The predicted octanol–water partition coefficient (Wildman–Crippen LogP) is 0.523. The molecule has 0 saturated heterocycles. The Morgan fingerprint density at radius 1 is 1.15 bits per heavy atom. The smallest absolute Gasteiger partial charge is 0.329 e. The molecule has 0 amide bonds. The van der Waals surface area contributed by atoms with E-state index in [2.05, 4.69) is 25.3 Å². The highest BCUT2D eigenvalue weighted by atomic mass is 32.2. The normalized spacial score (nSPS) is 8.31. The maximum Gasteiger partial charge on any atom is 0.329 e. The maximum absolute atomic E-state index is 9.64. The van der Waals surface area contributed by atoms with Gasteiger partial charge in [-0.3, -0.25) is 0 Å². The Labute approximate surface area is 88.1 Å². The first-order valence-corrected chi connectivity index (χ1v) is 4.48. The first kappa shape index (κ1) is 15.3. The van der Waals surface area contributed by atoms with Crippen molar-refractivity contribution in [3.63, 3.8) is 0 Å². The summed E-state index contributed by atoms with van der Waals surface area (Å²) < 4.78 is 0.201. The van der Waals surface area contributed by atoms with Crippen LogP contribution in [-0.4, -0.2) is 34.5 Å². The number of hydrogen-bond acceptors (Lipinski definition) is 5. The molecule has 78 valence electrons. The van der Waals surface area contributed by atoms with E-state index in [1.807, 2.05) is 0 Å². The van der Waals surface area contributed by atoms with Crippen LogP contribution in [0.4, 0.5) is 0 Å². The molecule has 0 radical (unpaired) electrons. The number of thiol groups is 2. The lowest BCUT2D eigenvalue weighted by Crippen LogP contribution is -1.85. The SMILES string of the molecule is O=C(O)C=C(S)S.OCCCCO. The Morgan fingerprint density at radius 2 is 1.54 bits per heavy atom. The van der Waals surface area contributed by atoms with E-state index in [1.54, 1.807) is 0 Å². The molecule has 3 N–H and O–H groups in total. The third kappa shape index (κ3) is 24.5. The predicted molar refractivity (Wildman–Crippen MR) is 57.1 cm³/mol. The van der Waals surface area contributed by atoms with Gasteiger partial charge in [0.05, 0.1) is 0 Å². The molecule has 0 aliphatic carbocycles. The zero-order chi connectivity index (χ0) is 10.7. The summed E-state index contributed by atoms with van der Waals surface area (Å²) in [6.45, 7) is 0.390. The summed E-state index contributed by atoms with van der Waals surface area (Å²) in [5, 5.41) is 24.1. The summed E-state index contributed by atoms with van der Waals surface area (Å²) in [4.78, 5) is 9.64. The highest BCUT2D eigenvalue weighted by molar-refractivity contribution is 8.05. The van der Waals surface area contributed by atoms with E-state index in [4.69, 9.17) is 15.3 Å². The molecule has 0 aliphatic heterocycles. The number of aliphatic hydroxyl groups is 2. The molecule has 6 heteroatoms. The molecule has 13 heavy (non-hydrogen) atoms. The van der Waals surface area contributed by atoms with Crippen LogP contribution in [0.25, 0.3) is 0 Å². The second-order valence-corrected chi connectivity index (χ2v) is 3.31. The highest BCUT2D eigenvalue weighted by Crippen LogP contribution is 2.02. The second-order valence-electron chi connectivity index (χ2n) is 2.00. The van der Waals surface area contributed by atoms with Crippen molar-refractivity contribution in [1.29, 1.82) is 0 Å². The fourth-order valence-corrected chi connectivity index (χ4v) is 0.555. The lowest BCUT2D eigenvalue weighted by Gasteiger charge is -1.85. The molecule has 0 heterocycles. The standard InChI is InChI=1S/C4H10O2.C3H4O2S2/c5-3-1-2-4-6;4-2(5)1-3(6)7/h5-6H,1-4H2;1,6-7H,(H,4,5). The number of carboxylic acid groups (broad SMARTS) is 1. The van der Waals surface area contributed by atoms with E-state index in [1.165, 1.54) is 0 Å². The van der Waals surface area contributed by atoms with Gasteiger partial charge in [0.15, 0.2) is 0 Å². The van der Waals surface area contributed by atoms with Gasteiger partial charge in [0.25, 0.3) is 0 Å². The average Bonchev–Trinajstić information content (AvgIpc) is 1.99. The number of carboxylic acids is 1. The van der Waals surface area contributed by atoms with Crippen LogP contribution in [0.1, 0.15) is 12.8 Å². The molecular weight excluding hydrogens is 212 g/mol. The summed E-state index contributed by atoms with van der Waals surface area (Å²) in [6, 6.07) is 0. The molecule has 0 saturated carbocycles. The van der Waals surface area contributed by atoms with Gasteiger partial charge in [-0.2, -0.15) is 0 Å². The minimum Gasteiger partial charge on any atom is -0.478 e. The van der Waals surface area contributed by atoms with Crippen LogP contribution in [0.3, 0.4) is 0 Å². The van der Waals surface area contributed by atoms with Crippen molar-refractivity contribution in [2.75, 3.05) is 13.2 Å². The molecule has 0 aromatic heterocycles. The monoisotopic (exact) mass is 226 g/mol. The van der Waals surface area contributed by atoms with Crippen LogP contribution < -0.4 is 0 Å². The highest BCUT2D eigenvalue weighted by Gasteiger charge is 1.85. The summed E-state index contributed by atoms with van der Waals surface area (Å²) in [5.41, 5.74) is 0. The van der Waals surface area contributed by atoms with E-state index < -0.39 is 5.97 Å². The minimum atomic E-state index is -1.03. The Bertz CT molecular complexity index is 151. The molecule has 4 nitrogen and oxygen atoms in total. The fraction of sp³-hybridized carbons (Fsp3) is 0.571. The van der Waals surface area contributed by atoms with E-state index in [9.17, 15) is 4.79 Å². The third-order valence-electron chi connectivity index (χ3n) is 0.819. The third-order valence-corrected chi connectivity index (χ3v) is 1.08. The van der Waals surface area contributed by atoms with E-state index in [0.717, 1.165) is 18.9 Å². The Balaban J connectivity index is 0. The van der Waals surface area contributed by atoms with Gasteiger partial charge < -0.3 is 15.3 Å². The molecule has 0 aliphatic rings. The molecule has 0 bridgehead atoms. The van der Waals surface area contributed by atoms with Crippen molar-refractivity contribution in [2.45, 2.75) is 12.8 Å². The number of aliphatic carboxylic acids is 1. The lowest BCUT2D eigenvalue weighted by atomic mass is 10.3. The summed E-state index contributed by atoms with van der Waals surface area (Å²) in [7, 11) is 0. The zero-order valence-electron chi connectivity index (χ0n) is 7.05. The van der Waals surface area contributed by atoms with Crippen LogP contribution in [-0.2, 0) is 4.79 Å². The first-order chi connectivity index (χ1) is 6.04. The van der Waals surface area contributed by atoms with Gasteiger partial charge in [0.2, 0.25) is 0 Å². The van der Waals surface area contributed by atoms with Gasteiger partial charge in [0, 0.05) is 23.5 Å². The Kier molecular flexibility index (Phi) is 13.9. The average molecular weight is 226 g/mol. The summed E-state index contributed by atoms with van der Waals surface area (Å²) >= 11 is 7.16. The first-order valence-electron chi connectivity index (χ1n) is 3.58. The van der Waals surface area contributed by atoms with Crippen LogP contribution in [0.15, 0.2) is 10.3 Å². The van der Waals surface area contributed by atoms with E-state index >= 15 is 0 Å². The molecule has 0 spiro atoms. The Morgan fingerprint density at radius 3 is 1.62 bits per heavy atom.